The minimum atomic E-state index is 0.343. The number of rotatable bonds is 0. The van der Waals surface area contributed by atoms with Gasteiger partial charge in [-0.15, -0.1) is 11.8 Å². The third-order valence-corrected chi connectivity index (χ3v) is 5.83. The van der Waals surface area contributed by atoms with Crippen LogP contribution in [-0.2, 0) is 0 Å². The predicted molar refractivity (Wildman–Crippen MR) is 64.6 cm³/mol. The van der Waals surface area contributed by atoms with E-state index in [-0.39, 0.29) is 0 Å². The molecule has 3 atom stereocenters. The van der Waals surface area contributed by atoms with Gasteiger partial charge in [0.15, 0.2) is 0 Å². The molecule has 2 aliphatic rings. The largest absolute Gasteiger partial charge is 0.297 e. The SMILES string of the molecule is CC1CCC(C)C2(C1)NC(C)(C)CS2. The molecular weight excluding hydrogens is 190 g/mol. The van der Waals surface area contributed by atoms with Gasteiger partial charge in [0, 0.05) is 11.3 Å². The van der Waals surface area contributed by atoms with Crippen LogP contribution in [0, 0.1) is 11.8 Å². The van der Waals surface area contributed by atoms with Crippen LogP contribution in [0.2, 0.25) is 0 Å². The summed E-state index contributed by atoms with van der Waals surface area (Å²) >= 11 is 2.17. The summed E-state index contributed by atoms with van der Waals surface area (Å²) < 4.78 is 0. The molecule has 2 rings (SSSR count). The number of thioether (sulfide) groups is 1. The molecule has 0 bridgehead atoms. The van der Waals surface area contributed by atoms with E-state index in [2.05, 4.69) is 44.8 Å². The van der Waals surface area contributed by atoms with Crippen LogP contribution >= 0.6 is 11.8 Å². The molecule has 14 heavy (non-hydrogen) atoms. The van der Waals surface area contributed by atoms with E-state index in [9.17, 15) is 0 Å². The van der Waals surface area contributed by atoms with Crippen LogP contribution in [0.4, 0.5) is 0 Å². The third-order valence-electron chi connectivity index (χ3n) is 3.78. The van der Waals surface area contributed by atoms with E-state index in [1.54, 1.807) is 0 Å². The molecule has 2 fully saturated rings. The Morgan fingerprint density at radius 1 is 1.21 bits per heavy atom. The Bertz CT molecular complexity index is 226. The second-order valence-electron chi connectivity index (χ2n) is 5.97. The van der Waals surface area contributed by atoms with Crippen LogP contribution in [0.15, 0.2) is 0 Å². The van der Waals surface area contributed by atoms with Gasteiger partial charge in [-0.05, 0) is 38.5 Å². The Kier molecular flexibility index (Phi) is 2.64. The molecule has 1 spiro atoms. The molecule has 1 nitrogen and oxygen atoms in total. The summed E-state index contributed by atoms with van der Waals surface area (Å²) in [6.07, 6.45) is 4.19. The first-order chi connectivity index (χ1) is 6.44. The summed E-state index contributed by atoms with van der Waals surface area (Å²) in [5.74, 6) is 3.01. The summed E-state index contributed by atoms with van der Waals surface area (Å²) in [4.78, 5) is 0.404. The van der Waals surface area contributed by atoms with Crippen molar-refractivity contribution in [3.63, 3.8) is 0 Å². The molecule has 2 heteroatoms. The van der Waals surface area contributed by atoms with Gasteiger partial charge in [0.25, 0.3) is 0 Å². The molecule has 1 aliphatic carbocycles. The Morgan fingerprint density at radius 2 is 1.93 bits per heavy atom. The molecule has 0 radical (unpaired) electrons. The van der Waals surface area contributed by atoms with Gasteiger partial charge in [0.1, 0.15) is 0 Å². The first-order valence-corrected chi connectivity index (χ1v) is 6.85. The van der Waals surface area contributed by atoms with Crippen LogP contribution in [-0.4, -0.2) is 16.2 Å². The monoisotopic (exact) mass is 213 g/mol. The highest BCUT2D eigenvalue weighted by Crippen LogP contribution is 2.49. The van der Waals surface area contributed by atoms with Crippen LogP contribution in [0.1, 0.15) is 47.0 Å². The van der Waals surface area contributed by atoms with Crippen LogP contribution in [0.5, 0.6) is 0 Å². The van der Waals surface area contributed by atoms with E-state index in [1.165, 1.54) is 25.0 Å². The van der Waals surface area contributed by atoms with Crippen molar-refractivity contribution in [3.8, 4) is 0 Å². The Labute approximate surface area is 92.4 Å². The minimum Gasteiger partial charge on any atom is -0.297 e. The van der Waals surface area contributed by atoms with Crippen molar-refractivity contribution in [2.75, 3.05) is 5.75 Å². The smallest absolute Gasteiger partial charge is 0.0678 e. The maximum absolute atomic E-state index is 3.89. The zero-order valence-corrected chi connectivity index (χ0v) is 10.7. The predicted octanol–water partition coefficient (Wildman–Crippen LogP) is 3.25. The van der Waals surface area contributed by atoms with E-state index < -0.39 is 0 Å². The summed E-state index contributed by atoms with van der Waals surface area (Å²) in [6, 6.07) is 0. The van der Waals surface area contributed by atoms with Crippen LogP contribution in [0.25, 0.3) is 0 Å². The highest BCUT2D eigenvalue weighted by atomic mass is 32.2. The lowest BCUT2D eigenvalue weighted by molar-refractivity contribution is 0.182. The number of hydrogen-bond acceptors (Lipinski definition) is 2. The lowest BCUT2D eigenvalue weighted by Gasteiger charge is -2.43. The van der Waals surface area contributed by atoms with E-state index in [0.717, 1.165) is 11.8 Å². The number of nitrogens with one attached hydrogen (secondary N) is 1. The van der Waals surface area contributed by atoms with E-state index in [4.69, 9.17) is 0 Å². The van der Waals surface area contributed by atoms with E-state index in [1.807, 2.05) is 0 Å². The average Bonchev–Trinajstić information content (AvgIpc) is 2.37. The lowest BCUT2D eigenvalue weighted by Crippen LogP contribution is -2.53. The summed E-state index contributed by atoms with van der Waals surface area (Å²) in [6.45, 7) is 9.50. The van der Waals surface area contributed by atoms with Crippen molar-refractivity contribution < 1.29 is 0 Å². The van der Waals surface area contributed by atoms with Crippen molar-refractivity contribution in [2.24, 2.45) is 11.8 Å². The second kappa shape index (κ2) is 3.41. The average molecular weight is 213 g/mol. The molecule has 1 aliphatic heterocycles. The highest BCUT2D eigenvalue weighted by Gasteiger charge is 2.48. The maximum Gasteiger partial charge on any atom is 0.0678 e. The summed E-state index contributed by atoms with van der Waals surface area (Å²) in [5, 5.41) is 3.89. The molecule has 0 aromatic rings. The Morgan fingerprint density at radius 3 is 2.50 bits per heavy atom. The maximum atomic E-state index is 3.89. The highest BCUT2D eigenvalue weighted by molar-refractivity contribution is 8.01. The van der Waals surface area contributed by atoms with Crippen molar-refractivity contribution in [3.05, 3.63) is 0 Å². The van der Waals surface area contributed by atoms with Crippen LogP contribution in [0.3, 0.4) is 0 Å². The number of hydrogen-bond donors (Lipinski definition) is 1. The van der Waals surface area contributed by atoms with Crippen molar-refractivity contribution in [2.45, 2.75) is 57.4 Å². The van der Waals surface area contributed by atoms with Gasteiger partial charge in [-0.2, -0.15) is 0 Å². The van der Waals surface area contributed by atoms with Gasteiger partial charge in [-0.3, -0.25) is 5.32 Å². The minimum absolute atomic E-state index is 0.343. The van der Waals surface area contributed by atoms with Gasteiger partial charge < -0.3 is 0 Å². The zero-order valence-electron chi connectivity index (χ0n) is 9.89. The van der Waals surface area contributed by atoms with E-state index in [0.29, 0.717) is 10.4 Å². The zero-order chi connectivity index (χ0) is 10.4. The normalized spacial score (nSPS) is 47.1. The fourth-order valence-electron chi connectivity index (χ4n) is 2.92. The molecule has 82 valence electrons. The summed E-state index contributed by atoms with van der Waals surface area (Å²) in [7, 11) is 0. The molecule has 0 aromatic carbocycles. The molecule has 0 aromatic heterocycles. The molecule has 1 N–H and O–H groups in total. The van der Waals surface area contributed by atoms with Crippen molar-refractivity contribution in [1.29, 1.82) is 0 Å². The third kappa shape index (κ3) is 1.83. The van der Waals surface area contributed by atoms with E-state index >= 15 is 0 Å². The molecular formula is C12H23NS. The van der Waals surface area contributed by atoms with Crippen LogP contribution < -0.4 is 5.32 Å². The molecule has 1 heterocycles. The fourth-order valence-corrected chi connectivity index (χ4v) is 4.76. The van der Waals surface area contributed by atoms with Gasteiger partial charge in [0.05, 0.1) is 4.87 Å². The van der Waals surface area contributed by atoms with Gasteiger partial charge in [-0.25, -0.2) is 0 Å². The molecule has 3 unspecified atom stereocenters. The first kappa shape index (κ1) is 10.8. The van der Waals surface area contributed by atoms with Crippen molar-refractivity contribution in [1.82, 2.24) is 5.32 Å². The molecule has 0 amide bonds. The topological polar surface area (TPSA) is 12.0 Å². The molecule has 1 saturated carbocycles. The molecule has 1 saturated heterocycles. The van der Waals surface area contributed by atoms with Gasteiger partial charge in [-0.1, -0.05) is 20.3 Å². The van der Waals surface area contributed by atoms with Gasteiger partial charge in [0.2, 0.25) is 0 Å². The van der Waals surface area contributed by atoms with Crippen molar-refractivity contribution >= 4 is 11.8 Å². The second-order valence-corrected chi connectivity index (χ2v) is 7.28. The quantitative estimate of drug-likeness (QED) is 0.663. The fraction of sp³-hybridized carbons (Fsp3) is 1.00. The summed E-state index contributed by atoms with van der Waals surface area (Å²) in [5.41, 5.74) is 0.343. The lowest BCUT2D eigenvalue weighted by atomic mass is 9.78. The first-order valence-electron chi connectivity index (χ1n) is 5.87. The standard InChI is InChI=1S/C12H23NS/c1-9-5-6-10(2)12(7-9)13-11(3,4)8-14-12/h9-10,13H,5-8H2,1-4H3. The van der Waals surface area contributed by atoms with Gasteiger partial charge >= 0.3 is 0 Å². The Hall–Kier alpha value is 0.310. The Balaban J connectivity index is 2.14.